The predicted octanol–water partition coefficient (Wildman–Crippen LogP) is 6.39. The van der Waals surface area contributed by atoms with E-state index in [4.69, 9.17) is 19.1 Å². The lowest BCUT2D eigenvalue weighted by molar-refractivity contribution is -0.149. The van der Waals surface area contributed by atoms with Crippen LogP contribution in [0.25, 0.3) is 5.52 Å². The van der Waals surface area contributed by atoms with E-state index in [0.29, 0.717) is 23.8 Å². The lowest BCUT2D eigenvalue weighted by atomic mass is 9.78. The van der Waals surface area contributed by atoms with Gasteiger partial charge in [-0.2, -0.15) is 10.2 Å². The highest BCUT2D eigenvalue weighted by molar-refractivity contribution is 7.46. The van der Waals surface area contributed by atoms with Crippen molar-refractivity contribution < 1.29 is 43.0 Å². The van der Waals surface area contributed by atoms with Gasteiger partial charge in [-0.3, -0.25) is 14.6 Å². The maximum Gasteiger partial charge on any atom is 0.524 e. The van der Waals surface area contributed by atoms with Gasteiger partial charge in [-0.1, -0.05) is 52.0 Å². The van der Waals surface area contributed by atoms with E-state index in [2.05, 4.69) is 25.8 Å². The molecule has 16 nitrogen and oxygen atoms in total. The second kappa shape index (κ2) is 18.7. The summed E-state index contributed by atoms with van der Waals surface area (Å²) >= 11 is 0. The number of carboxylic acid groups (broad SMARTS) is 1. The van der Waals surface area contributed by atoms with Gasteiger partial charge in [0.25, 0.3) is 0 Å². The number of nitrogens with one attached hydrogen (secondary N) is 2. The molecule has 0 bridgehead atoms. The first-order valence-corrected chi connectivity index (χ1v) is 18.1. The highest BCUT2D eigenvalue weighted by Crippen LogP contribution is 2.45. The maximum absolute atomic E-state index is 12.9. The van der Waals surface area contributed by atoms with Crippen molar-refractivity contribution in [2.45, 2.75) is 105 Å². The molecule has 3 aromatic heterocycles. The van der Waals surface area contributed by atoms with Crippen LogP contribution in [-0.4, -0.2) is 64.5 Å². The van der Waals surface area contributed by atoms with Gasteiger partial charge in [0, 0.05) is 42.6 Å². The van der Waals surface area contributed by atoms with Crippen LogP contribution in [0.5, 0.6) is 5.75 Å². The van der Waals surface area contributed by atoms with Crippen molar-refractivity contribution in [2.75, 3.05) is 12.4 Å². The highest BCUT2D eigenvalue weighted by Gasteiger charge is 2.32. The molecule has 280 valence electrons. The number of phosphoric ester groups is 1. The van der Waals surface area contributed by atoms with Gasteiger partial charge >= 0.3 is 19.9 Å². The van der Waals surface area contributed by atoms with Crippen molar-refractivity contribution in [1.82, 2.24) is 29.7 Å². The summed E-state index contributed by atoms with van der Waals surface area (Å²) < 4.78 is 30.4. The van der Waals surface area contributed by atoms with Gasteiger partial charge in [0.2, 0.25) is 0 Å². The Morgan fingerprint density at radius 2 is 1.73 bits per heavy atom. The SMILES string of the molecule is C1CCCC1.CC(C)NC(=O)O.COCc1cc2c(Nc3ccnn3COC(=O)CC(C)(C)c3c(C)cc(C)cc3OP(=O)(O)O)nccn2n1. The summed E-state index contributed by atoms with van der Waals surface area (Å²) in [5.41, 5.74) is 2.65. The summed E-state index contributed by atoms with van der Waals surface area (Å²) in [5.74, 6) is 0.592. The van der Waals surface area contributed by atoms with Gasteiger partial charge in [0.15, 0.2) is 12.5 Å². The number of aromatic nitrogens is 5. The number of hydrogen-bond donors (Lipinski definition) is 5. The van der Waals surface area contributed by atoms with Crippen LogP contribution in [0.15, 0.2) is 42.9 Å². The molecular formula is C34H50N7O9P. The first kappa shape index (κ1) is 40.9. The number of anilines is 2. The number of methoxy groups -OCH3 is 1. The Kier molecular flexibility index (Phi) is 15.0. The Labute approximate surface area is 297 Å². The number of nitrogens with zero attached hydrogens (tertiary/aromatic N) is 5. The van der Waals surface area contributed by atoms with E-state index >= 15 is 0 Å². The third-order valence-electron chi connectivity index (χ3n) is 7.63. The topological polar surface area (TPSA) is 212 Å². The van der Waals surface area contributed by atoms with Crippen LogP contribution >= 0.6 is 7.82 Å². The van der Waals surface area contributed by atoms with E-state index in [0.717, 1.165) is 22.3 Å². The number of phosphoric acid groups is 1. The zero-order chi connectivity index (χ0) is 37.8. The summed E-state index contributed by atoms with van der Waals surface area (Å²) in [6.07, 6.45) is 11.4. The van der Waals surface area contributed by atoms with E-state index in [1.807, 2.05) is 12.1 Å². The molecule has 1 aliphatic rings. The molecule has 1 fully saturated rings. The zero-order valence-corrected chi connectivity index (χ0v) is 31.1. The minimum absolute atomic E-state index is 0.0255. The van der Waals surface area contributed by atoms with Crippen LogP contribution < -0.4 is 15.2 Å². The first-order valence-electron chi connectivity index (χ1n) is 16.6. The standard InChI is InChI=1S/C25H31N6O7P.C5H10.C4H9NO2/c1-16-10-17(2)23(20(11-16)38-39(33,34)35)25(3,4)13-22(32)37-15-31-21(6-7-27-31)28-24-19-12-18(14-36-5)29-30(19)9-8-26-24;1-2-4-5-3-1;1-3(2)5-4(6)7/h6-12H,13-15H2,1-5H3,(H,26,28)(H2,33,34,35);1-5H2;3,5H,1-2H3,(H,6,7). The molecule has 17 heteroatoms. The number of amides is 1. The summed E-state index contributed by atoms with van der Waals surface area (Å²) in [4.78, 5) is 45.8. The number of esters is 1. The Bertz CT molecular complexity index is 1790. The number of aryl methyl sites for hydroxylation is 2. The van der Waals surface area contributed by atoms with Crippen molar-refractivity contribution in [2.24, 2.45) is 0 Å². The lowest BCUT2D eigenvalue weighted by Crippen LogP contribution is -2.27. The molecule has 4 aromatic rings. The molecule has 0 aliphatic heterocycles. The fraction of sp³-hybridized carbons (Fsp3) is 0.500. The van der Waals surface area contributed by atoms with Crippen LogP contribution in [-0.2, 0) is 37.6 Å². The Morgan fingerprint density at radius 3 is 2.29 bits per heavy atom. The fourth-order valence-corrected chi connectivity index (χ4v) is 6.11. The molecule has 0 unspecified atom stereocenters. The smallest absolute Gasteiger partial charge is 0.465 e. The largest absolute Gasteiger partial charge is 0.524 e. The molecule has 5 N–H and O–H groups in total. The number of carbonyl (C=O) groups is 2. The number of rotatable bonds is 12. The minimum Gasteiger partial charge on any atom is -0.465 e. The maximum atomic E-state index is 12.9. The average molecular weight is 732 g/mol. The molecule has 51 heavy (non-hydrogen) atoms. The molecule has 0 atom stereocenters. The van der Waals surface area contributed by atoms with Crippen LogP contribution in [0.2, 0.25) is 0 Å². The van der Waals surface area contributed by atoms with Gasteiger partial charge in [0.05, 0.1) is 24.9 Å². The zero-order valence-electron chi connectivity index (χ0n) is 30.3. The molecule has 1 saturated carbocycles. The quantitative estimate of drug-likeness (QED) is 0.0791. The van der Waals surface area contributed by atoms with Crippen LogP contribution in [0.4, 0.5) is 16.4 Å². The Morgan fingerprint density at radius 1 is 1.06 bits per heavy atom. The highest BCUT2D eigenvalue weighted by atomic mass is 31.2. The summed E-state index contributed by atoms with van der Waals surface area (Å²) in [6.45, 7) is 10.9. The third-order valence-corrected chi connectivity index (χ3v) is 8.06. The van der Waals surface area contributed by atoms with Crippen molar-refractivity contribution in [3.8, 4) is 5.75 Å². The molecule has 1 aliphatic carbocycles. The van der Waals surface area contributed by atoms with Crippen LogP contribution in [0, 0.1) is 13.8 Å². The van der Waals surface area contributed by atoms with Gasteiger partial charge in [-0.15, -0.1) is 0 Å². The van der Waals surface area contributed by atoms with Crippen molar-refractivity contribution in [3.05, 3.63) is 65.2 Å². The molecular weight excluding hydrogens is 681 g/mol. The first-order chi connectivity index (χ1) is 24.0. The van der Waals surface area contributed by atoms with Gasteiger partial charge < -0.3 is 29.7 Å². The molecule has 0 radical (unpaired) electrons. The van der Waals surface area contributed by atoms with Crippen LogP contribution in [0.3, 0.4) is 0 Å². The minimum atomic E-state index is -4.81. The predicted molar refractivity (Wildman–Crippen MR) is 191 cm³/mol. The molecule has 0 spiro atoms. The van der Waals surface area contributed by atoms with Crippen molar-refractivity contribution >= 4 is 37.0 Å². The van der Waals surface area contributed by atoms with Crippen molar-refractivity contribution in [3.63, 3.8) is 0 Å². The lowest BCUT2D eigenvalue weighted by Gasteiger charge is -2.29. The van der Waals surface area contributed by atoms with E-state index in [1.165, 1.54) is 36.8 Å². The number of carbonyl (C=O) groups excluding carboxylic acids is 1. The number of fused-ring (bicyclic) bond motifs is 1. The second-order valence-corrected chi connectivity index (χ2v) is 14.3. The second-order valence-electron chi connectivity index (χ2n) is 13.1. The fourth-order valence-electron chi connectivity index (χ4n) is 5.71. The monoisotopic (exact) mass is 731 g/mol. The number of hydrogen-bond acceptors (Lipinski definition) is 10. The summed E-state index contributed by atoms with van der Waals surface area (Å²) in [5, 5.41) is 22.1. The normalized spacial score (nSPS) is 12.8. The van der Waals surface area contributed by atoms with E-state index < -0.39 is 25.3 Å². The third kappa shape index (κ3) is 13.3. The van der Waals surface area contributed by atoms with Crippen LogP contribution in [0.1, 0.15) is 88.6 Å². The molecule has 3 heterocycles. The van der Waals surface area contributed by atoms with E-state index in [-0.39, 0.29) is 24.9 Å². The van der Waals surface area contributed by atoms with Gasteiger partial charge in [-0.25, -0.2) is 23.5 Å². The number of ether oxygens (including phenoxy) is 2. The molecule has 0 saturated heterocycles. The summed E-state index contributed by atoms with van der Waals surface area (Å²) in [6, 6.07) is 7.01. The summed E-state index contributed by atoms with van der Waals surface area (Å²) in [7, 11) is -3.21. The Balaban J connectivity index is 0.000000496. The van der Waals surface area contributed by atoms with Gasteiger partial charge in [0.1, 0.15) is 17.1 Å². The van der Waals surface area contributed by atoms with E-state index in [9.17, 15) is 23.9 Å². The Hall–Kier alpha value is -4.50. The van der Waals surface area contributed by atoms with Crippen molar-refractivity contribution in [1.29, 1.82) is 0 Å². The van der Waals surface area contributed by atoms with E-state index in [1.54, 1.807) is 83.9 Å². The van der Waals surface area contributed by atoms with Gasteiger partial charge in [-0.05, 0) is 51.0 Å². The number of benzene rings is 1. The average Bonchev–Trinajstić information content (AvgIpc) is 3.78. The molecule has 5 rings (SSSR count). The molecule has 1 aromatic carbocycles. The molecule has 1 amide bonds.